The lowest BCUT2D eigenvalue weighted by Crippen LogP contribution is -2.17. The summed E-state index contributed by atoms with van der Waals surface area (Å²) in [6.45, 7) is 1.84. The van der Waals surface area contributed by atoms with Gasteiger partial charge in [0.1, 0.15) is 4.90 Å². The van der Waals surface area contributed by atoms with Crippen molar-refractivity contribution in [1.29, 1.82) is 0 Å². The highest BCUT2D eigenvalue weighted by Gasteiger charge is 2.19. The molecular formula is C7H10N2O4S2. The van der Waals surface area contributed by atoms with Gasteiger partial charge in [-0.05, 0) is 19.1 Å². The average molecular weight is 250 g/mol. The van der Waals surface area contributed by atoms with Crippen molar-refractivity contribution in [2.24, 2.45) is 5.14 Å². The number of sulfonamides is 1. The minimum Gasteiger partial charge on any atom is -0.287 e. The smallest absolute Gasteiger partial charge is 0.256 e. The molecule has 8 heteroatoms. The maximum Gasteiger partial charge on any atom is 0.256 e. The SMILES string of the molecule is CCOS(=O)c1cccnc1S(N)(=O)=O. The molecule has 0 saturated carbocycles. The van der Waals surface area contributed by atoms with E-state index < -0.39 is 26.1 Å². The highest BCUT2D eigenvalue weighted by atomic mass is 32.2. The molecule has 0 spiro atoms. The molecule has 0 aliphatic rings. The van der Waals surface area contributed by atoms with E-state index in [1.54, 1.807) is 6.92 Å². The van der Waals surface area contributed by atoms with Crippen LogP contribution in [0.4, 0.5) is 0 Å². The normalized spacial score (nSPS) is 13.7. The van der Waals surface area contributed by atoms with Crippen LogP contribution in [0, 0.1) is 0 Å². The van der Waals surface area contributed by atoms with Gasteiger partial charge in [0, 0.05) is 6.20 Å². The molecule has 0 fully saturated rings. The molecule has 0 saturated heterocycles. The van der Waals surface area contributed by atoms with Crippen LogP contribution in [0.2, 0.25) is 0 Å². The van der Waals surface area contributed by atoms with E-state index >= 15 is 0 Å². The van der Waals surface area contributed by atoms with Gasteiger partial charge in [0.25, 0.3) is 10.0 Å². The molecule has 2 N–H and O–H groups in total. The molecule has 1 aromatic heterocycles. The van der Waals surface area contributed by atoms with Gasteiger partial charge < -0.3 is 0 Å². The van der Waals surface area contributed by atoms with Crippen molar-refractivity contribution in [3.05, 3.63) is 18.3 Å². The van der Waals surface area contributed by atoms with Crippen molar-refractivity contribution in [2.45, 2.75) is 16.8 Å². The zero-order chi connectivity index (χ0) is 11.5. The number of primary sulfonamides is 1. The number of rotatable bonds is 4. The van der Waals surface area contributed by atoms with Gasteiger partial charge in [-0.3, -0.25) is 4.18 Å². The Morgan fingerprint density at radius 1 is 1.60 bits per heavy atom. The number of aromatic nitrogens is 1. The zero-order valence-corrected chi connectivity index (χ0v) is 9.55. The molecule has 1 unspecified atom stereocenters. The predicted octanol–water partition coefficient (Wildman–Crippen LogP) is -0.212. The van der Waals surface area contributed by atoms with Gasteiger partial charge in [0.05, 0.1) is 6.61 Å². The van der Waals surface area contributed by atoms with Crippen LogP contribution < -0.4 is 5.14 Å². The van der Waals surface area contributed by atoms with Crippen LogP contribution in [0.25, 0.3) is 0 Å². The Morgan fingerprint density at radius 2 is 2.27 bits per heavy atom. The molecule has 15 heavy (non-hydrogen) atoms. The number of hydrogen-bond acceptors (Lipinski definition) is 5. The molecule has 1 heterocycles. The van der Waals surface area contributed by atoms with E-state index in [9.17, 15) is 12.6 Å². The van der Waals surface area contributed by atoms with E-state index in [2.05, 4.69) is 4.98 Å². The van der Waals surface area contributed by atoms with Crippen molar-refractivity contribution >= 4 is 21.1 Å². The summed E-state index contributed by atoms with van der Waals surface area (Å²) in [6.07, 6.45) is 1.26. The van der Waals surface area contributed by atoms with Gasteiger partial charge in [-0.1, -0.05) is 0 Å². The third-order valence-electron chi connectivity index (χ3n) is 1.41. The summed E-state index contributed by atoms with van der Waals surface area (Å²) < 4.78 is 38.4. The minimum atomic E-state index is -3.98. The predicted molar refractivity (Wildman–Crippen MR) is 53.6 cm³/mol. The number of nitrogens with two attached hydrogens (primary N) is 1. The second-order valence-electron chi connectivity index (χ2n) is 2.49. The standard InChI is InChI=1S/C7H10N2O4S2/c1-2-13-14(10)6-4-3-5-9-7(6)15(8,11)12/h3-5H,2H2,1H3,(H2,8,11,12). The van der Waals surface area contributed by atoms with Crippen LogP contribution in [0.15, 0.2) is 28.3 Å². The summed E-state index contributed by atoms with van der Waals surface area (Å²) >= 11 is -1.86. The van der Waals surface area contributed by atoms with Gasteiger partial charge in [0.2, 0.25) is 0 Å². The van der Waals surface area contributed by atoms with Crippen LogP contribution in [0.5, 0.6) is 0 Å². The van der Waals surface area contributed by atoms with Gasteiger partial charge >= 0.3 is 0 Å². The lowest BCUT2D eigenvalue weighted by molar-refractivity contribution is 0.370. The number of nitrogens with zero attached hydrogens (tertiary/aromatic N) is 1. The van der Waals surface area contributed by atoms with Crippen LogP contribution in [0.3, 0.4) is 0 Å². The van der Waals surface area contributed by atoms with Crippen LogP contribution in [0.1, 0.15) is 6.92 Å². The van der Waals surface area contributed by atoms with Crippen molar-refractivity contribution in [3.63, 3.8) is 0 Å². The first-order valence-electron chi connectivity index (χ1n) is 3.99. The van der Waals surface area contributed by atoms with Crippen LogP contribution in [-0.2, 0) is 25.3 Å². The van der Waals surface area contributed by atoms with E-state index in [1.807, 2.05) is 0 Å². The van der Waals surface area contributed by atoms with Crippen LogP contribution in [-0.4, -0.2) is 24.2 Å². The second kappa shape index (κ2) is 4.79. The van der Waals surface area contributed by atoms with Gasteiger partial charge in [0.15, 0.2) is 16.1 Å². The Kier molecular flexibility index (Phi) is 3.91. The highest BCUT2D eigenvalue weighted by Crippen LogP contribution is 2.15. The van der Waals surface area contributed by atoms with Crippen molar-refractivity contribution in [1.82, 2.24) is 4.98 Å². The van der Waals surface area contributed by atoms with E-state index in [1.165, 1.54) is 18.3 Å². The third kappa shape index (κ3) is 3.06. The van der Waals surface area contributed by atoms with Gasteiger partial charge in [-0.2, -0.15) is 0 Å². The molecule has 84 valence electrons. The molecule has 1 rings (SSSR count). The molecule has 1 aromatic rings. The first-order chi connectivity index (χ1) is 6.96. The molecule has 0 aliphatic heterocycles. The highest BCUT2D eigenvalue weighted by molar-refractivity contribution is 7.90. The lowest BCUT2D eigenvalue weighted by Gasteiger charge is -2.04. The molecule has 0 amide bonds. The molecule has 0 aromatic carbocycles. The van der Waals surface area contributed by atoms with E-state index in [4.69, 9.17) is 9.32 Å². The number of pyridine rings is 1. The van der Waals surface area contributed by atoms with E-state index in [0.717, 1.165) is 0 Å². The summed E-state index contributed by atoms with van der Waals surface area (Å²) in [5, 5.41) is 4.49. The Morgan fingerprint density at radius 3 is 2.80 bits per heavy atom. The fourth-order valence-corrected chi connectivity index (χ4v) is 2.72. The topological polar surface area (TPSA) is 99.3 Å². The molecule has 0 aliphatic carbocycles. The summed E-state index contributed by atoms with van der Waals surface area (Å²) in [5.74, 6) is 0. The monoisotopic (exact) mass is 250 g/mol. The van der Waals surface area contributed by atoms with Gasteiger partial charge in [-0.15, -0.1) is 0 Å². The van der Waals surface area contributed by atoms with E-state index in [0.29, 0.717) is 0 Å². The van der Waals surface area contributed by atoms with Crippen molar-refractivity contribution in [2.75, 3.05) is 6.61 Å². The third-order valence-corrected chi connectivity index (χ3v) is 3.54. The summed E-state index contributed by atoms with van der Waals surface area (Å²) in [7, 11) is -3.98. The number of hydrogen-bond donors (Lipinski definition) is 1. The largest absolute Gasteiger partial charge is 0.287 e. The van der Waals surface area contributed by atoms with Gasteiger partial charge in [-0.25, -0.2) is 22.7 Å². The molecule has 0 bridgehead atoms. The molecular weight excluding hydrogens is 240 g/mol. The molecule has 1 atom stereocenters. The van der Waals surface area contributed by atoms with Crippen LogP contribution >= 0.6 is 0 Å². The van der Waals surface area contributed by atoms with Crippen molar-refractivity contribution < 1.29 is 16.8 Å². The van der Waals surface area contributed by atoms with Crippen molar-refractivity contribution in [3.8, 4) is 0 Å². The fraction of sp³-hybridized carbons (Fsp3) is 0.286. The average Bonchev–Trinajstić information content (AvgIpc) is 2.17. The first-order valence-corrected chi connectivity index (χ1v) is 6.61. The minimum absolute atomic E-state index is 0.0400. The molecule has 6 nitrogen and oxygen atoms in total. The quantitative estimate of drug-likeness (QED) is 0.797. The maximum atomic E-state index is 11.4. The summed E-state index contributed by atoms with van der Waals surface area (Å²) in [5.41, 5.74) is 0. The second-order valence-corrected chi connectivity index (χ2v) is 5.11. The lowest BCUT2D eigenvalue weighted by atomic mass is 10.5. The Balaban J connectivity index is 3.25. The maximum absolute atomic E-state index is 11.4. The first kappa shape index (κ1) is 12.2. The Labute approximate surface area is 90.2 Å². The van der Waals surface area contributed by atoms with E-state index in [-0.39, 0.29) is 11.5 Å². The molecule has 0 radical (unpaired) electrons. The zero-order valence-electron chi connectivity index (χ0n) is 7.91. The fourth-order valence-electron chi connectivity index (χ4n) is 0.887. The Hall–Kier alpha value is -0.830. The summed E-state index contributed by atoms with van der Waals surface area (Å²) in [4.78, 5) is 3.53. The Bertz CT molecular complexity index is 472. The summed E-state index contributed by atoms with van der Waals surface area (Å²) in [6, 6.07) is 2.81.